The van der Waals surface area contributed by atoms with Crippen LogP contribution in [0.1, 0.15) is 27.2 Å². The molecule has 9 nitrogen and oxygen atoms in total. The van der Waals surface area contributed by atoms with E-state index >= 15 is 0 Å². The average Bonchev–Trinajstić information content (AvgIpc) is 3.11. The highest BCUT2D eigenvalue weighted by Gasteiger charge is 2.43. The van der Waals surface area contributed by atoms with Crippen LogP contribution in [0.4, 0.5) is 10.5 Å². The van der Waals surface area contributed by atoms with Crippen LogP contribution >= 0.6 is 0 Å². The Hall–Kier alpha value is -3.11. The molecule has 33 heavy (non-hydrogen) atoms. The maximum absolute atomic E-state index is 13.0. The minimum atomic E-state index is -3.75. The van der Waals surface area contributed by atoms with E-state index in [0.717, 1.165) is 6.26 Å². The van der Waals surface area contributed by atoms with Crippen LogP contribution in [0.25, 0.3) is 0 Å². The third-order valence-electron chi connectivity index (χ3n) is 4.60. The molecule has 2 atom stereocenters. The number of benzene rings is 2. The quantitative estimate of drug-likeness (QED) is 0.632. The second-order valence-electron chi connectivity index (χ2n) is 8.74. The fourth-order valence-corrected chi connectivity index (χ4v) is 3.98. The van der Waals surface area contributed by atoms with E-state index in [2.05, 4.69) is 5.32 Å². The first-order chi connectivity index (χ1) is 15.4. The van der Waals surface area contributed by atoms with Crippen LogP contribution in [-0.4, -0.2) is 55.9 Å². The number of hydrogen-bond donors (Lipinski definition) is 1. The van der Waals surface area contributed by atoms with Gasteiger partial charge < -0.3 is 14.8 Å². The molecule has 1 saturated heterocycles. The third kappa shape index (κ3) is 7.47. The van der Waals surface area contributed by atoms with Crippen LogP contribution in [0.2, 0.25) is 0 Å². The van der Waals surface area contributed by atoms with E-state index in [9.17, 15) is 18.0 Å². The van der Waals surface area contributed by atoms with Crippen molar-refractivity contribution in [3.63, 3.8) is 0 Å². The van der Waals surface area contributed by atoms with Crippen molar-refractivity contribution < 1.29 is 31.7 Å². The van der Waals surface area contributed by atoms with Gasteiger partial charge in [0.15, 0.2) is 0 Å². The Morgan fingerprint density at radius 2 is 1.61 bits per heavy atom. The van der Waals surface area contributed by atoms with E-state index in [1.54, 1.807) is 45.0 Å². The number of hydrogen-bond acceptors (Lipinski definition) is 7. The lowest BCUT2D eigenvalue weighted by atomic mass is 10.1. The molecule has 1 unspecified atom stereocenters. The van der Waals surface area contributed by atoms with Crippen molar-refractivity contribution in [1.29, 1.82) is 0 Å². The standard InChI is InChI=1S/C23H28N2O7S/c1-23(2,3)31-22(27)25-15-19(32-33(4,28)29)14-20(25)21(26)24-16-10-12-18(13-11-16)30-17-8-6-5-7-9-17/h5-13,19-20H,14-15H2,1-4H3,(H,24,26)/t19?,20-/m0/s1. The molecule has 2 aromatic carbocycles. The summed E-state index contributed by atoms with van der Waals surface area (Å²) < 4.78 is 39.3. The Kier molecular flexibility index (Phi) is 7.28. The minimum absolute atomic E-state index is 0.0212. The number of amides is 2. The van der Waals surface area contributed by atoms with Gasteiger partial charge in [0, 0.05) is 12.1 Å². The van der Waals surface area contributed by atoms with E-state index in [4.69, 9.17) is 13.7 Å². The molecular formula is C23H28N2O7S. The highest BCUT2D eigenvalue weighted by Crippen LogP contribution is 2.27. The largest absolute Gasteiger partial charge is 0.457 e. The van der Waals surface area contributed by atoms with Gasteiger partial charge in [-0.2, -0.15) is 8.42 Å². The van der Waals surface area contributed by atoms with Crippen LogP contribution in [0, 0.1) is 0 Å². The van der Waals surface area contributed by atoms with Crippen LogP contribution in [0.5, 0.6) is 11.5 Å². The van der Waals surface area contributed by atoms with Gasteiger partial charge in [0.25, 0.3) is 10.1 Å². The van der Waals surface area contributed by atoms with Crippen LogP contribution in [-0.2, 0) is 23.8 Å². The van der Waals surface area contributed by atoms with E-state index < -0.39 is 39.9 Å². The summed E-state index contributed by atoms with van der Waals surface area (Å²) in [6, 6.07) is 15.1. The van der Waals surface area contributed by atoms with Gasteiger partial charge in [-0.3, -0.25) is 13.9 Å². The van der Waals surface area contributed by atoms with Gasteiger partial charge in [0.2, 0.25) is 5.91 Å². The maximum atomic E-state index is 13.0. The normalized spacial score (nSPS) is 18.6. The summed E-state index contributed by atoms with van der Waals surface area (Å²) >= 11 is 0. The molecule has 1 aliphatic rings. The molecule has 0 saturated carbocycles. The molecule has 1 N–H and O–H groups in total. The highest BCUT2D eigenvalue weighted by atomic mass is 32.2. The number of rotatable bonds is 6. The van der Waals surface area contributed by atoms with E-state index in [0.29, 0.717) is 17.2 Å². The van der Waals surface area contributed by atoms with Crippen LogP contribution < -0.4 is 10.1 Å². The van der Waals surface area contributed by atoms with Gasteiger partial charge in [0.05, 0.1) is 18.9 Å². The lowest BCUT2D eigenvalue weighted by Crippen LogP contribution is -2.45. The molecule has 178 valence electrons. The number of anilines is 1. The lowest BCUT2D eigenvalue weighted by molar-refractivity contribution is -0.120. The first-order valence-electron chi connectivity index (χ1n) is 10.4. The van der Waals surface area contributed by atoms with Gasteiger partial charge >= 0.3 is 6.09 Å². The topological polar surface area (TPSA) is 111 Å². The Morgan fingerprint density at radius 3 is 2.18 bits per heavy atom. The molecule has 0 aliphatic carbocycles. The second kappa shape index (κ2) is 9.80. The number of nitrogens with zero attached hydrogens (tertiary/aromatic N) is 1. The first kappa shape index (κ1) is 24.5. The van der Waals surface area contributed by atoms with Gasteiger partial charge in [-0.1, -0.05) is 18.2 Å². The molecular weight excluding hydrogens is 448 g/mol. The second-order valence-corrected chi connectivity index (χ2v) is 10.3. The lowest BCUT2D eigenvalue weighted by Gasteiger charge is -2.27. The van der Waals surface area contributed by atoms with Crippen molar-refractivity contribution in [3.8, 4) is 11.5 Å². The molecule has 2 amide bonds. The zero-order valence-corrected chi connectivity index (χ0v) is 19.8. The average molecular weight is 477 g/mol. The predicted molar refractivity (Wildman–Crippen MR) is 123 cm³/mol. The molecule has 10 heteroatoms. The van der Waals surface area contributed by atoms with E-state index in [1.807, 2.05) is 30.3 Å². The molecule has 2 aromatic rings. The van der Waals surface area contributed by atoms with Crippen molar-refractivity contribution in [1.82, 2.24) is 4.90 Å². The summed E-state index contributed by atoms with van der Waals surface area (Å²) in [5.41, 5.74) is -0.278. The van der Waals surface area contributed by atoms with Crippen molar-refractivity contribution in [2.24, 2.45) is 0 Å². The summed E-state index contributed by atoms with van der Waals surface area (Å²) in [4.78, 5) is 26.8. The number of nitrogens with one attached hydrogen (secondary N) is 1. The molecule has 1 aliphatic heterocycles. The molecule has 0 radical (unpaired) electrons. The highest BCUT2D eigenvalue weighted by molar-refractivity contribution is 7.86. The summed E-state index contributed by atoms with van der Waals surface area (Å²) in [7, 11) is -3.75. The zero-order chi connectivity index (χ0) is 24.2. The number of ether oxygens (including phenoxy) is 2. The molecule has 1 heterocycles. The fraction of sp³-hybridized carbons (Fsp3) is 0.391. The van der Waals surface area contributed by atoms with Crippen molar-refractivity contribution >= 4 is 27.8 Å². The van der Waals surface area contributed by atoms with Gasteiger partial charge in [-0.05, 0) is 57.2 Å². The van der Waals surface area contributed by atoms with Crippen molar-refractivity contribution in [2.75, 3.05) is 18.1 Å². The fourth-order valence-electron chi connectivity index (χ4n) is 3.34. The Balaban J connectivity index is 1.70. The zero-order valence-electron chi connectivity index (χ0n) is 19.0. The Bertz CT molecular complexity index is 1080. The van der Waals surface area contributed by atoms with E-state index in [1.165, 1.54) is 4.90 Å². The number of para-hydroxylation sites is 1. The summed E-state index contributed by atoms with van der Waals surface area (Å²) in [5.74, 6) is 0.805. The molecule has 3 rings (SSSR count). The third-order valence-corrected chi connectivity index (χ3v) is 5.23. The summed E-state index contributed by atoms with van der Waals surface area (Å²) in [6.45, 7) is 5.04. The Morgan fingerprint density at radius 1 is 1.00 bits per heavy atom. The number of carbonyl (C=O) groups is 2. The molecule has 0 bridgehead atoms. The smallest absolute Gasteiger partial charge is 0.411 e. The van der Waals surface area contributed by atoms with Crippen LogP contribution in [0.15, 0.2) is 54.6 Å². The first-order valence-corrected chi connectivity index (χ1v) is 12.2. The molecule has 0 spiro atoms. The number of carbonyl (C=O) groups excluding carboxylic acids is 2. The summed E-state index contributed by atoms with van der Waals surface area (Å²) in [6.07, 6.45) is -0.608. The summed E-state index contributed by atoms with van der Waals surface area (Å²) in [5, 5.41) is 2.76. The Labute approximate surface area is 193 Å². The van der Waals surface area contributed by atoms with Gasteiger partial charge in [-0.25, -0.2) is 4.79 Å². The number of likely N-dealkylation sites (tertiary alicyclic amines) is 1. The molecule has 0 aromatic heterocycles. The van der Waals surface area contributed by atoms with Gasteiger partial charge in [-0.15, -0.1) is 0 Å². The molecule has 1 fully saturated rings. The van der Waals surface area contributed by atoms with E-state index in [-0.39, 0.29) is 13.0 Å². The minimum Gasteiger partial charge on any atom is -0.457 e. The monoisotopic (exact) mass is 476 g/mol. The van der Waals surface area contributed by atoms with Crippen LogP contribution in [0.3, 0.4) is 0 Å². The van der Waals surface area contributed by atoms with Crippen molar-refractivity contribution in [2.45, 2.75) is 44.9 Å². The van der Waals surface area contributed by atoms with Crippen molar-refractivity contribution in [3.05, 3.63) is 54.6 Å². The SMILES string of the molecule is CC(C)(C)OC(=O)N1CC(OS(C)(=O)=O)C[C@H]1C(=O)Nc1ccc(Oc2ccccc2)cc1. The van der Waals surface area contributed by atoms with Gasteiger partial charge in [0.1, 0.15) is 23.1 Å². The predicted octanol–water partition coefficient (Wildman–Crippen LogP) is 3.77. The maximum Gasteiger partial charge on any atom is 0.411 e.